The average molecular weight is 367 g/mol. The fraction of sp³-hybridized carbons (Fsp3) is 0.476. The van der Waals surface area contributed by atoms with E-state index < -0.39 is 0 Å². The van der Waals surface area contributed by atoms with E-state index in [2.05, 4.69) is 34.7 Å². The van der Waals surface area contributed by atoms with Crippen LogP contribution in [0.4, 0.5) is 5.82 Å². The Hall–Kier alpha value is -2.63. The summed E-state index contributed by atoms with van der Waals surface area (Å²) in [6.07, 6.45) is 3.77. The Bertz CT molecular complexity index is 809. The van der Waals surface area contributed by atoms with Crippen LogP contribution in [0.2, 0.25) is 0 Å². The molecule has 4 rings (SSSR count). The van der Waals surface area contributed by atoms with Crippen LogP contribution in [0.5, 0.6) is 0 Å². The van der Waals surface area contributed by atoms with Gasteiger partial charge in [-0.05, 0) is 44.1 Å². The van der Waals surface area contributed by atoms with Crippen molar-refractivity contribution in [2.24, 2.45) is 17.8 Å². The molecule has 1 saturated carbocycles. The number of anilines is 1. The largest absolute Gasteiger partial charge is 0.360 e. The van der Waals surface area contributed by atoms with Crippen molar-refractivity contribution < 1.29 is 14.1 Å². The molecule has 6 heteroatoms. The van der Waals surface area contributed by atoms with E-state index in [0.29, 0.717) is 23.9 Å². The Morgan fingerprint density at radius 1 is 1.19 bits per heavy atom. The molecule has 0 spiro atoms. The van der Waals surface area contributed by atoms with E-state index in [-0.39, 0.29) is 23.7 Å². The van der Waals surface area contributed by atoms with Crippen LogP contribution in [0.3, 0.4) is 0 Å². The molecular weight excluding hydrogens is 342 g/mol. The van der Waals surface area contributed by atoms with Gasteiger partial charge in [0.15, 0.2) is 5.82 Å². The van der Waals surface area contributed by atoms with Crippen molar-refractivity contribution in [1.29, 1.82) is 0 Å². The number of aromatic nitrogens is 1. The lowest BCUT2D eigenvalue weighted by molar-refractivity contribution is -0.135. The quantitative estimate of drug-likeness (QED) is 0.881. The number of piperidine rings is 1. The Kier molecular flexibility index (Phi) is 4.97. The first-order valence-corrected chi connectivity index (χ1v) is 9.67. The highest BCUT2D eigenvalue weighted by atomic mass is 16.5. The van der Waals surface area contributed by atoms with E-state index in [9.17, 15) is 9.59 Å². The van der Waals surface area contributed by atoms with Gasteiger partial charge in [-0.15, -0.1) is 0 Å². The van der Waals surface area contributed by atoms with Gasteiger partial charge in [0, 0.05) is 19.2 Å². The smallest absolute Gasteiger partial charge is 0.229 e. The molecule has 1 saturated heterocycles. The lowest BCUT2D eigenvalue weighted by Gasteiger charge is -2.32. The van der Waals surface area contributed by atoms with Gasteiger partial charge in [-0.1, -0.05) is 35.5 Å². The van der Waals surface area contributed by atoms with E-state index in [0.717, 1.165) is 32.4 Å². The molecule has 142 valence electrons. The molecule has 1 aromatic carbocycles. The summed E-state index contributed by atoms with van der Waals surface area (Å²) in [6, 6.07) is 12.2. The molecule has 0 radical (unpaired) electrons. The summed E-state index contributed by atoms with van der Waals surface area (Å²) in [5.41, 5.74) is 1.37. The van der Waals surface area contributed by atoms with E-state index >= 15 is 0 Å². The second kappa shape index (κ2) is 7.55. The Morgan fingerprint density at radius 3 is 2.59 bits per heavy atom. The van der Waals surface area contributed by atoms with Gasteiger partial charge in [0.25, 0.3) is 0 Å². The van der Waals surface area contributed by atoms with Gasteiger partial charge < -0.3 is 14.7 Å². The van der Waals surface area contributed by atoms with E-state index in [4.69, 9.17) is 4.52 Å². The number of amides is 2. The number of hydrogen-bond donors (Lipinski definition) is 1. The summed E-state index contributed by atoms with van der Waals surface area (Å²) < 4.78 is 4.95. The Balaban J connectivity index is 1.23. The molecule has 2 atom stereocenters. The topological polar surface area (TPSA) is 75.4 Å². The normalized spacial score (nSPS) is 22.5. The standard InChI is InChI=1S/C21H25N3O3/c1-14-11-19(23-27-14)22-20(25)17-13-18(17)21(26)24-9-7-16(8-10-24)12-15-5-3-2-4-6-15/h2-6,11,16-18H,7-10,12-13H2,1H3,(H,22,23,25). The number of nitrogens with one attached hydrogen (secondary N) is 1. The van der Waals surface area contributed by atoms with E-state index in [1.54, 1.807) is 13.0 Å². The van der Waals surface area contributed by atoms with Crippen molar-refractivity contribution in [3.8, 4) is 0 Å². The van der Waals surface area contributed by atoms with Crippen LogP contribution in [0.15, 0.2) is 40.9 Å². The number of nitrogens with zero attached hydrogens (tertiary/aromatic N) is 2. The monoisotopic (exact) mass is 367 g/mol. The maximum Gasteiger partial charge on any atom is 0.229 e. The van der Waals surface area contributed by atoms with Crippen molar-refractivity contribution in [3.05, 3.63) is 47.7 Å². The van der Waals surface area contributed by atoms with Crippen LogP contribution in [0.25, 0.3) is 0 Å². The van der Waals surface area contributed by atoms with Crippen molar-refractivity contribution in [1.82, 2.24) is 10.1 Å². The van der Waals surface area contributed by atoms with Crippen molar-refractivity contribution in [2.75, 3.05) is 18.4 Å². The van der Waals surface area contributed by atoms with Gasteiger partial charge in [-0.3, -0.25) is 9.59 Å². The van der Waals surface area contributed by atoms with E-state index in [1.807, 2.05) is 11.0 Å². The third-order valence-electron chi connectivity index (χ3n) is 5.62. The van der Waals surface area contributed by atoms with Gasteiger partial charge in [0.05, 0.1) is 11.8 Å². The van der Waals surface area contributed by atoms with Gasteiger partial charge in [-0.25, -0.2) is 0 Å². The van der Waals surface area contributed by atoms with Crippen LogP contribution in [0, 0.1) is 24.7 Å². The third-order valence-corrected chi connectivity index (χ3v) is 5.62. The summed E-state index contributed by atoms with van der Waals surface area (Å²) in [6.45, 7) is 3.36. The molecule has 2 fully saturated rings. The molecule has 2 aliphatic rings. The van der Waals surface area contributed by atoms with Gasteiger partial charge in [0.1, 0.15) is 5.76 Å². The lowest BCUT2D eigenvalue weighted by atomic mass is 9.90. The van der Waals surface area contributed by atoms with Crippen LogP contribution >= 0.6 is 0 Å². The third kappa shape index (κ3) is 4.21. The fourth-order valence-electron chi connectivity index (χ4n) is 3.94. The minimum atomic E-state index is -0.239. The SMILES string of the molecule is Cc1cc(NC(=O)C2CC2C(=O)N2CCC(Cc3ccccc3)CC2)no1. The first kappa shape index (κ1) is 17.8. The van der Waals surface area contributed by atoms with Crippen molar-refractivity contribution >= 4 is 17.6 Å². The zero-order valence-corrected chi connectivity index (χ0v) is 15.6. The molecular formula is C21H25N3O3. The zero-order valence-electron chi connectivity index (χ0n) is 15.6. The van der Waals surface area contributed by atoms with Crippen molar-refractivity contribution in [2.45, 2.75) is 32.6 Å². The molecule has 0 bridgehead atoms. The van der Waals surface area contributed by atoms with Crippen LogP contribution in [-0.4, -0.2) is 35.0 Å². The molecule has 2 heterocycles. The number of benzene rings is 1. The van der Waals surface area contributed by atoms with Crippen LogP contribution in [-0.2, 0) is 16.0 Å². The van der Waals surface area contributed by atoms with E-state index in [1.165, 1.54) is 5.56 Å². The maximum absolute atomic E-state index is 12.7. The average Bonchev–Trinajstić information content (AvgIpc) is 3.39. The van der Waals surface area contributed by atoms with Crippen molar-refractivity contribution in [3.63, 3.8) is 0 Å². The molecule has 6 nitrogen and oxygen atoms in total. The zero-order chi connectivity index (χ0) is 18.8. The fourth-order valence-corrected chi connectivity index (χ4v) is 3.94. The Labute approximate surface area is 158 Å². The highest BCUT2D eigenvalue weighted by Gasteiger charge is 2.49. The highest BCUT2D eigenvalue weighted by Crippen LogP contribution is 2.41. The number of carbonyl (C=O) groups excluding carboxylic acids is 2. The minimum absolute atomic E-state index is 0.129. The first-order chi connectivity index (χ1) is 13.1. The van der Waals surface area contributed by atoms with Gasteiger partial charge >= 0.3 is 0 Å². The number of carbonyl (C=O) groups is 2. The summed E-state index contributed by atoms with van der Waals surface area (Å²) in [5, 5.41) is 6.50. The number of hydrogen-bond acceptors (Lipinski definition) is 4. The highest BCUT2D eigenvalue weighted by molar-refractivity contribution is 5.99. The van der Waals surface area contributed by atoms with Crippen LogP contribution in [0.1, 0.15) is 30.6 Å². The second-order valence-electron chi connectivity index (χ2n) is 7.72. The first-order valence-electron chi connectivity index (χ1n) is 9.67. The summed E-state index contributed by atoms with van der Waals surface area (Å²) >= 11 is 0. The molecule has 27 heavy (non-hydrogen) atoms. The lowest BCUT2D eigenvalue weighted by Crippen LogP contribution is -2.40. The number of aryl methyl sites for hydroxylation is 1. The maximum atomic E-state index is 12.7. The molecule has 1 N–H and O–H groups in total. The molecule has 1 aliphatic carbocycles. The predicted octanol–water partition coefficient (Wildman–Crippen LogP) is 3.04. The predicted molar refractivity (Wildman–Crippen MR) is 101 cm³/mol. The number of rotatable bonds is 5. The number of likely N-dealkylation sites (tertiary alicyclic amines) is 1. The second-order valence-corrected chi connectivity index (χ2v) is 7.72. The Morgan fingerprint density at radius 2 is 1.93 bits per heavy atom. The summed E-state index contributed by atoms with van der Waals surface area (Å²) in [7, 11) is 0. The summed E-state index contributed by atoms with van der Waals surface area (Å²) in [4.78, 5) is 26.9. The minimum Gasteiger partial charge on any atom is -0.360 e. The molecule has 2 amide bonds. The van der Waals surface area contributed by atoms with Gasteiger partial charge in [-0.2, -0.15) is 0 Å². The van der Waals surface area contributed by atoms with Crippen LogP contribution < -0.4 is 5.32 Å². The molecule has 1 aromatic heterocycles. The molecule has 2 unspecified atom stereocenters. The molecule has 2 aromatic rings. The van der Waals surface area contributed by atoms with Gasteiger partial charge in [0.2, 0.25) is 11.8 Å². The molecule has 1 aliphatic heterocycles. The summed E-state index contributed by atoms with van der Waals surface area (Å²) in [5.74, 6) is 1.26.